The Labute approximate surface area is 112 Å². The molecule has 1 aliphatic carbocycles. The van der Waals surface area contributed by atoms with Crippen molar-refractivity contribution < 1.29 is 0 Å². The number of hydrogen-bond donors (Lipinski definition) is 1. The largest absolute Gasteiger partial charge is 0.313 e. The van der Waals surface area contributed by atoms with Gasteiger partial charge in [0.15, 0.2) is 0 Å². The number of rotatable bonds is 5. The summed E-state index contributed by atoms with van der Waals surface area (Å²) < 4.78 is 0. The smallest absolute Gasteiger partial charge is 0.00684 e. The van der Waals surface area contributed by atoms with Crippen LogP contribution < -0.4 is 5.32 Å². The van der Waals surface area contributed by atoms with Crippen molar-refractivity contribution in [3.8, 4) is 0 Å². The average Bonchev–Trinajstić information content (AvgIpc) is 3.04. The van der Waals surface area contributed by atoms with E-state index in [0.29, 0.717) is 5.41 Å². The van der Waals surface area contributed by atoms with Crippen LogP contribution in [0, 0.1) is 26.2 Å². The average molecular weight is 245 g/mol. The molecule has 1 aromatic rings. The van der Waals surface area contributed by atoms with Crippen LogP contribution in [0.15, 0.2) is 12.1 Å². The zero-order valence-corrected chi connectivity index (χ0v) is 12.6. The van der Waals surface area contributed by atoms with Gasteiger partial charge in [0.2, 0.25) is 0 Å². The van der Waals surface area contributed by atoms with Gasteiger partial charge in [-0.05, 0) is 62.1 Å². The Kier molecular flexibility index (Phi) is 3.82. The normalized spacial score (nSPS) is 16.1. The van der Waals surface area contributed by atoms with E-state index < -0.39 is 0 Å². The fourth-order valence-corrected chi connectivity index (χ4v) is 2.74. The van der Waals surface area contributed by atoms with Crippen molar-refractivity contribution in [3.63, 3.8) is 0 Å². The highest BCUT2D eigenvalue weighted by atomic mass is 15.0. The minimum atomic E-state index is 0.341. The van der Waals surface area contributed by atoms with Crippen LogP contribution in [-0.4, -0.2) is 12.6 Å². The Morgan fingerprint density at radius 1 is 1.11 bits per heavy atom. The molecule has 1 nitrogen and oxygen atoms in total. The number of nitrogens with one attached hydrogen (secondary N) is 1. The molecule has 0 aliphatic heterocycles. The van der Waals surface area contributed by atoms with Gasteiger partial charge >= 0.3 is 0 Å². The van der Waals surface area contributed by atoms with Gasteiger partial charge in [0, 0.05) is 12.6 Å². The number of hydrogen-bond acceptors (Lipinski definition) is 1. The second-order valence-corrected chi connectivity index (χ2v) is 6.87. The van der Waals surface area contributed by atoms with E-state index in [9.17, 15) is 0 Å². The Balaban J connectivity index is 2.06. The first kappa shape index (κ1) is 13.6. The van der Waals surface area contributed by atoms with E-state index in [2.05, 4.69) is 52.1 Å². The summed E-state index contributed by atoms with van der Waals surface area (Å²) in [7, 11) is 0. The van der Waals surface area contributed by atoms with E-state index in [1.807, 2.05) is 0 Å². The highest BCUT2D eigenvalue weighted by Gasteiger charge is 2.26. The molecule has 1 saturated carbocycles. The van der Waals surface area contributed by atoms with E-state index in [0.717, 1.165) is 12.6 Å². The highest BCUT2D eigenvalue weighted by Crippen LogP contribution is 2.28. The topological polar surface area (TPSA) is 12.0 Å². The first-order valence-electron chi connectivity index (χ1n) is 7.17. The lowest BCUT2D eigenvalue weighted by Crippen LogP contribution is -2.32. The van der Waals surface area contributed by atoms with Crippen molar-refractivity contribution in [1.29, 1.82) is 0 Å². The molecule has 100 valence electrons. The molecule has 1 aromatic carbocycles. The predicted octanol–water partition coefficient (Wildman–Crippen LogP) is 3.93. The van der Waals surface area contributed by atoms with E-state index in [1.165, 1.54) is 36.0 Å². The highest BCUT2D eigenvalue weighted by molar-refractivity contribution is 5.38. The van der Waals surface area contributed by atoms with Crippen LogP contribution in [0.1, 0.15) is 48.9 Å². The molecule has 18 heavy (non-hydrogen) atoms. The van der Waals surface area contributed by atoms with Gasteiger partial charge < -0.3 is 5.32 Å². The standard InChI is InChI=1S/C17H27N/c1-12-8-13(2)16(14(3)9-12)10-17(4,5)11-18-15-6-7-15/h8-9,15,18H,6-7,10-11H2,1-5H3. The summed E-state index contributed by atoms with van der Waals surface area (Å²) in [4.78, 5) is 0. The molecule has 0 unspecified atom stereocenters. The molecule has 0 radical (unpaired) electrons. The van der Waals surface area contributed by atoms with Crippen molar-refractivity contribution in [3.05, 3.63) is 34.4 Å². The van der Waals surface area contributed by atoms with Crippen LogP contribution in [0.4, 0.5) is 0 Å². The second kappa shape index (κ2) is 5.05. The number of aryl methyl sites for hydroxylation is 3. The van der Waals surface area contributed by atoms with Crippen LogP contribution in [0.3, 0.4) is 0 Å². The van der Waals surface area contributed by atoms with Gasteiger partial charge in [-0.15, -0.1) is 0 Å². The maximum Gasteiger partial charge on any atom is 0.00684 e. The molecule has 0 spiro atoms. The number of benzene rings is 1. The van der Waals surface area contributed by atoms with E-state index in [1.54, 1.807) is 5.56 Å². The lowest BCUT2D eigenvalue weighted by molar-refractivity contribution is 0.336. The van der Waals surface area contributed by atoms with Gasteiger partial charge in [0.1, 0.15) is 0 Å². The zero-order chi connectivity index (χ0) is 13.3. The molecule has 0 aromatic heterocycles. The van der Waals surface area contributed by atoms with Gasteiger partial charge in [-0.1, -0.05) is 31.5 Å². The lowest BCUT2D eigenvalue weighted by atomic mass is 9.82. The second-order valence-electron chi connectivity index (χ2n) is 6.87. The predicted molar refractivity (Wildman–Crippen MR) is 79.2 cm³/mol. The van der Waals surface area contributed by atoms with Crippen molar-refractivity contribution in [2.75, 3.05) is 6.54 Å². The van der Waals surface area contributed by atoms with Crippen LogP contribution in [-0.2, 0) is 6.42 Å². The SMILES string of the molecule is Cc1cc(C)c(CC(C)(C)CNC2CC2)c(C)c1. The molecular weight excluding hydrogens is 218 g/mol. The van der Waals surface area contributed by atoms with E-state index in [-0.39, 0.29) is 0 Å². The maximum atomic E-state index is 3.67. The Morgan fingerprint density at radius 2 is 1.67 bits per heavy atom. The minimum Gasteiger partial charge on any atom is -0.313 e. The Hall–Kier alpha value is -0.820. The summed E-state index contributed by atoms with van der Waals surface area (Å²) in [5, 5.41) is 3.67. The van der Waals surface area contributed by atoms with Crippen LogP contribution >= 0.6 is 0 Å². The van der Waals surface area contributed by atoms with Crippen molar-refractivity contribution in [2.24, 2.45) is 5.41 Å². The van der Waals surface area contributed by atoms with Crippen LogP contribution in [0.25, 0.3) is 0 Å². The van der Waals surface area contributed by atoms with Crippen LogP contribution in [0.2, 0.25) is 0 Å². The lowest BCUT2D eigenvalue weighted by Gasteiger charge is -2.27. The fourth-order valence-electron chi connectivity index (χ4n) is 2.74. The van der Waals surface area contributed by atoms with Crippen LogP contribution in [0.5, 0.6) is 0 Å². The summed E-state index contributed by atoms with van der Waals surface area (Å²) in [5.74, 6) is 0. The van der Waals surface area contributed by atoms with Gasteiger partial charge in [0.25, 0.3) is 0 Å². The molecule has 2 rings (SSSR count). The Bertz CT molecular complexity index is 404. The fraction of sp³-hybridized carbons (Fsp3) is 0.647. The molecule has 0 atom stereocenters. The summed E-state index contributed by atoms with van der Waals surface area (Å²) in [6, 6.07) is 5.43. The quantitative estimate of drug-likeness (QED) is 0.828. The molecule has 1 fully saturated rings. The van der Waals surface area contributed by atoms with Gasteiger partial charge in [-0.2, -0.15) is 0 Å². The van der Waals surface area contributed by atoms with E-state index >= 15 is 0 Å². The minimum absolute atomic E-state index is 0.341. The summed E-state index contributed by atoms with van der Waals surface area (Å²) in [5.41, 5.74) is 6.16. The molecule has 1 aliphatic rings. The maximum absolute atomic E-state index is 3.67. The Morgan fingerprint density at radius 3 is 2.17 bits per heavy atom. The third-order valence-electron chi connectivity index (χ3n) is 3.94. The first-order valence-corrected chi connectivity index (χ1v) is 7.17. The zero-order valence-electron chi connectivity index (χ0n) is 12.6. The summed E-state index contributed by atoms with van der Waals surface area (Å²) >= 11 is 0. The first-order chi connectivity index (χ1) is 8.37. The molecule has 0 bridgehead atoms. The molecular formula is C17H27N. The summed E-state index contributed by atoms with van der Waals surface area (Å²) in [6.07, 6.45) is 3.92. The van der Waals surface area contributed by atoms with Crippen molar-refractivity contribution in [2.45, 2.75) is 59.9 Å². The molecule has 1 N–H and O–H groups in total. The third kappa shape index (κ3) is 3.58. The van der Waals surface area contributed by atoms with Gasteiger partial charge in [-0.3, -0.25) is 0 Å². The molecule has 0 heterocycles. The van der Waals surface area contributed by atoms with Gasteiger partial charge in [-0.25, -0.2) is 0 Å². The third-order valence-corrected chi connectivity index (χ3v) is 3.94. The van der Waals surface area contributed by atoms with Gasteiger partial charge in [0.05, 0.1) is 0 Å². The van der Waals surface area contributed by atoms with Crippen molar-refractivity contribution in [1.82, 2.24) is 5.32 Å². The van der Waals surface area contributed by atoms with Crippen molar-refractivity contribution >= 4 is 0 Å². The molecule has 1 heteroatoms. The molecule has 0 amide bonds. The monoisotopic (exact) mass is 245 g/mol. The van der Waals surface area contributed by atoms with E-state index in [4.69, 9.17) is 0 Å². The summed E-state index contributed by atoms with van der Waals surface area (Å²) in [6.45, 7) is 12.6. The molecule has 0 saturated heterocycles.